The lowest BCUT2D eigenvalue weighted by atomic mass is 9.95. The summed E-state index contributed by atoms with van der Waals surface area (Å²) in [4.78, 5) is 23.8. The second-order valence-corrected chi connectivity index (χ2v) is 4.61. The molecule has 1 amide bonds. The molecule has 4 nitrogen and oxygen atoms in total. The first-order valence-corrected chi connectivity index (χ1v) is 5.77. The minimum absolute atomic E-state index is 0.416. The maximum Gasteiger partial charge on any atom is 0.390 e. The number of nitrogens with zero attached hydrogens (tertiary/aromatic N) is 1. The molecule has 104 valence electrons. The zero-order valence-electron chi connectivity index (χ0n) is 10.0. The third-order valence-electron chi connectivity index (χ3n) is 3.26. The van der Waals surface area contributed by atoms with Gasteiger partial charge in [-0.25, -0.2) is 0 Å². The van der Waals surface area contributed by atoms with Crippen LogP contribution in [0.5, 0.6) is 0 Å². The summed E-state index contributed by atoms with van der Waals surface area (Å²) < 4.78 is 36.1. The zero-order valence-corrected chi connectivity index (χ0v) is 10.0. The Hall–Kier alpha value is -1.27. The Balaban J connectivity index is 2.55. The van der Waals surface area contributed by atoms with Gasteiger partial charge in [0, 0.05) is 13.6 Å². The van der Waals surface area contributed by atoms with Gasteiger partial charge < -0.3 is 10.0 Å². The first kappa shape index (κ1) is 14.8. The van der Waals surface area contributed by atoms with Crippen molar-refractivity contribution in [3.63, 3.8) is 0 Å². The number of carboxylic acids is 1. The first-order valence-electron chi connectivity index (χ1n) is 5.77. The fourth-order valence-electron chi connectivity index (χ4n) is 2.24. The summed E-state index contributed by atoms with van der Waals surface area (Å²) in [5, 5.41) is 8.92. The van der Waals surface area contributed by atoms with Crippen molar-refractivity contribution < 1.29 is 27.9 Å². The van der Waals surface area contributed by atoms with Gasteiger partial charge in [0.2, 0.25) is 5.91 Å². The third-order valence-corrected chi connectivity index (χ3v) is 3.26. The maximum absolute atomic E-state index is 12.0. The van der Waals surface area contributed by atoms with Crippen LogP contribution in [0.1, 0.15) is 25.7 Å². The molecule has 0 aliphatic heterocycles. The molecule has 7 heteroatoms. The van der Waals surface area contributed by atoms with E-state index in [1.165, 1.54) is 7.05 Å². The lowest BCUT2D eigenvalue weighted by molar-refractivity contribution is -0.152. The number of hydrogen-bond donors (Lipinski definition) is 1. The van der Waals surface area contributed by atoms with E-state index in [4.69, 9.17) is 5.11 Å². The van der Waals surface area contributed by atoms with Crippen LogP contribution < -0.4 is 0 Å². The lowest BCUT2D eigenvalue weighted by Crippen LogP contribution is -2.38. The number of halogens is 3. The highest BCUT2D eigenvalue weighted by atomic mass is 19.4. The van der Waals surface area contributed by atoms with E-state index in [2.05, 4.69) is 0 Å². The molecule has 1 rings (SSSR count). The van der Waals surface area contributed by atoms with E-state index in [1.807, 2.05) is 0 Å². The van der Waals surface area contributed by atoms with Crippen LogP contribution in [0.4, 0.5) is 13.2 Å². The minimum Gasteiger partial charge on any atom is -0.481 e. The van der Waals surface area contributed by atoms with Gasteiger partial charge in [-0.1, -0.05) is 6.42 Å². The molecule has 0 radical (unpaired) electrons. The third kappa shape index (κ3) is 3.89. The highest BCUT2D eigenvalue weighted by Gasteiger charge is 2.39. The molecule has 0 aromatic rings. The van der Waals surface area contributed by atoms with Crippen LogP contribution in [0, 0.1) is 11.8 Å². The molecule has 1 fully saturated rings. The number of carbonyl (C=O) groups excluding carboxylic acids is 1. The Morgan fingerprint density at radius 2 is 1.83 bits per heavy atom. The van der Waals surface area contributed by atoms with Crippen molar-refractivity contribution in [3.05, 3.63) is 0 Å². The minimum atomic E-state index is -4.31. The van der Waals surface area contributed by atoms with Crippen LogP contribution in [0.3, 0.4) is 0 Å². The number of amides is 1. The fraction of sp³-hybridized carbons (Fsp3) is 0.818. The molecule has 0 aromatic carbocycles. The number of carboxylic acid groups (broad SMARTS) is 1. The van der Waals surface area contributed by atoms with Crippen molar-refractivity contribution in [1.29, 1.82) is 0 Å². The molecular weight excluding hydrogens is 251 g/mol. The van der Waals surface area contributed by atoms with E-state index >= 15 is 0 Å². The molecule has 0 unspecified atom stereocenters. The molecule has 1 saturated carbocycles. The Bertz CT molecular complexity index is 330. The summed E-state index contributed by atoms with van der Waals surface area (Å²) in [6.07, 6.45) is -3.90. The maximum atomic E-state index is 12.0. The van der Waals surface area contributed by atoms with Gasteiger partial charge in [-0.15, -0.1) is 0 Å². The molecule has 18 heavy (non-hydrogen) atoms. The number of rotatable bonds is 4. The topological polar surface area (TPSA) is 57.6 Å². The predicted octanol–water partition coefficient (Wildman–Crippen LogP) is 1.90. The second-order valence-electron chi connectivity index (χ2n) is 4.61. The Labute approximate surface area is 103 Å². The van der Waals surface area contributed by atoms with Crippen molar-refractivity contribution >= 4 is 11.9 Å². The normalized spacial score (nSPS) is 24.0. The summed E-state index contributed by atoms with van der Waals surface area (Å²) in [6, 6.07) is 0. The van der Waals surface area contributed by atoms with E-state index in [-0.39, 0.29) is 0 Å². The lowest BCUT2D eigenvalue weighted by Gasteiger charge is -2.23. The van der Waals surface area contributed by atoms with E-state index in [1.54, 1.807) is 0 Å². The van der Waals surface area contributed by atoms with E-state index in [9.17, 15) is 22.8 Å². The molecule has 0 spiro atoms. The summed E-state index contributed by atoms with van der Waals surface area (Å²) in [5.74, 6) is -2.98. The van der Waals surface area contributed by atoms with Gasteiger partial charge in [-0.3, -0.25) is 9.59 Å². The second kappa shape index (κ2) is 5.58. The van der Waals surface area contributed by atoms with Gasteiger partial charge >= 0.3 is 12.1 Å². The molecular formula is C11H16F3NO3. The standard InChI is InChI=1S/C11H16F3NO3/c1-15(6-5-11(12,13)14)9(16)7-3-2-4-8(7)10(17)18/h7-8H,2-6H2,1H3,(H,17,18)/t7-,8+/m1/s1. The van der Waals surface area contributed by atoms with Crippen LogP contribution in [0.25, 0.3) is 0 Å². The van der Waals surface area contributed by atoms with Gasteiger partial charge in [-0.2, -0.15) is 13.2 Å². The van der Waals surface area contributed by atoms with Crippen molar-refractivity contribution in [3.8, 4) is 0 Å². The molecule has 1 aliphatic rings. The van der Waals surface area contributed by atoms with Crippen LogP contribution in [-0.2, 0) is 9.59 Å². The van der Waals surface area contributed by atoms with Gasteiger partial charge in [0.1, 0.15) is 0 Å². The first-order chi connectivity index (χ1) is 8.22. The largest absolute Gasteiger partial charge is 0.481 e. The van der Waals surface area contributed by atoms with Crippen LogP contribution in [0.15, 0.2) is 0 Å². The van der Waals surface area contributed by atoms with E-state index in [0.717, 1.165) is 4.90 Å². The fourth-order valence-corrected chi connectivity index (χ4v) is 2.24. The molecule has 1 N–H and O–H groups in total. The predicted molar refractivity (Wildman–Crippen MR) is 56.8 cm³/mol. The SMILES string of the molecule is CN(CCC(F)(F)F)C(=O)[C@@H]1CCC[C@@H]1C(=O)O. The van der Waals surface area contributed by atoms with E-state index in [0.29, 0.717) is 19.3 Å². The zero-order chi connectivity index (χ0) is 13.9. The van der Waals surface area contributed by atoms with Crippen molar-refractivity contribution in [1.82, 2.24) is 4.90 Å². The van der Waals surface area contributed by atoms with Gasteiger partial charge in [-0.05, 0) is 12.8 Å². The molecule has 0 aromatic heterocycles. The van der Waals surface area contributed by atoms with Gasteiger partial charge in [0.15, 0.2) is 0 Å². The molecule has 2 atom stereocenters. The summed E-state index contributed by atoms with van der Waals surface area (Å²) in [5.41, 5.74) is 0. The Morgan fingerprint density at radius 1 is 1.28 bits per heavy atom. The van der Waals surface area contributed by atoms with Crippen LogP contribution in [-0.4, -0.2) is 41.7 Å². The summed E-state index contributed by atoms with van der Waals surface area (Å²) >= 11 is 0. The van der Waals surface area contributed by atoms with Crippen LogP contribution >= 0.6 is 0 Å². The highest BCUT2D eigenvalue weighted by Crippen LogP contribution is 2.33. The number of carbonyl (C=O) groups is 2. The molecule has 0 bridgehead atoms. The van der Waals surface area contributed by atoms with Crippen molar-refractivity contribution in [2.75, 3.05) is 13.6 Å². The monoisotopic (exact) mass is 267 g/mol. The summed E-state index contributed by atoms with van der Waals surface area (Å²) in [7, 11) is 1.28. The van der Waals surface area contributed by atoms with E-state index < -0.39 is 42.9 Å². The molecule has 0 heterocycles. The Morgan fingerprint density at radius 3 is 2.33 bits per heavy atom. The van der Waals surface area contributed by atoms with Crippen molar-refractivity contribution in [2.24, 2.45) is 11.8 Å². The highest BCUT2D eigenvalue weighted by molar-refractivity contribution is 5.85. The number of aliphatic carboxylic acids is 1. The summed E-state index contributed by atoms with van der Waals surface area (Å²) in [6.45, 7) is -0.425. The average Bonchev–Trinajstić information content (AvgIpc) is 2.72. The Kier molecular flexibility index (Phi) is 4.59. The van der Waals surface area contributed by atoms with Crippen molar-refractivity contribution in [2.45, 2.75) is 31.9 Å². The smallest absolute Gasteiger partial charge is 0.390 e. The number of hydrogen-bond acceptors (Lipinski definition) is 2. The quantitative estimate of drug-likeness (QED) is 0.846. The van der Waals surface area contributed by atoms with Gasteiger partial charge in [0.05, 0.1) is 18.3 Å². The molecule has 1 aliphatic carbocycles. The van der Waals surface area contributed by atoms with Gasteiger partial charge in [0.25, 0.3) is 0 Å². The van der Waals surface area contributed by atoms with Crippen LogP contribution in [0.2, 0.25) is 0 Å². The average molecular weight is 267 g/mol. The molecule has 0 saturated heterocycles. The number of alkyl halides is 3.